The molecule has 0 aliphatic rings. The van der Waals surface area contributed by atoms with Crippen molar-refractivity contribution in [1.82, 2.24) is 20.4 Å². The van der Waals surface area contributed by atoms with Crippen LogP contribution < -0.4 is 10.6 Å². The normalized spacial score (nSPS) is 12.1. The minimum absolute atomic E-state index is 0.0943. The number of benzene rings is 1. The van der Waals surface area contributed by atoms with Crippen LogP contribution in [0.5, 0.6) is 0 Å². The number of hydrogen-bond acceptors (Lipinski definition) is 7. The highest BCUT2D eigenvalue weighted by atomic mass is 19.2. The summed E-state index contributed by atoms with van der Waals surface area (Å²) in [7, 11) is 0. The van der Waals surface area contributed by atoms with Crippen LogP contribution in [-0.4, -0.2) is 45.7 Å². The molecule has 0 saturated carbocycles. The number of carbonyl (C=O) groups is 2. The van der Waals surface area contributed by atoms with E-state index in [9.17, 15) is 22.8 Å². The number of aromatic nitrogens is 2. The van der Waals surface area contributed by atoms with Crippen LogP contribution in [0, 0.1) is 17.5 Å². The highest BCUT2D eigenvalue weighted by Crippen LogP contribution is 2.21. The van der Waals surface area contributed by atoms with E-state index in [2.05, 4.69) is 20.8 Å². The van der Waals surface area contributed by atoms with Crippen LogP contribution in [0.25, 0.3) is 0 Å². The van der Waals surface area contributed by atoms with Crippen molar-refractivity contribution in [3.63, 3.8) is 0 Å². The van der Waals surface area contributed by atoms with Gasteiger partial charge >= 0.3 is 6.09 Å². The summed E-state index contributed by atoms with van der Waals surface area (Å²) in [4.78, 5) is 30.5. The molecule has 1 heterocycles. The van der Waals surface area contributed by atoms with Gasteiger partial charge in [0.2, 0.25) is 11.8 Å². The summed E-state index contributed by atoms with van der Waals surface area (Å²) in [5.41, 5.74) is -2.14. The van der Waals surface area contributed by atoms with E-state index in [4.69, 9.17) is 9.26 Å². The van der Waals surface area contributed by atoms with Gasteiger partial charge in [-0.05, 0) is 59.7 Å². The summed E-state index contributed by atoms with van der Waals surface area (Å²) in [5, 5.41) is 8.83. The molecule has 2 rings (SSSR count). The number of alkyl carbamates (subject to hydrolysis) is 1. The van der Waals surface area contributed by atoms with Gasteiger partial charge in [-0.15, -0.1) is 0 Å². The number of nitrogens with one attached hydrogen (secondary N) is 2. The van der Waals surface area contributed by atoms with Crippen molar-refractivity contribution in [2.24, 2.45) is 0 Å². The average Bonchev–Trinajstić information content (AvgIpc) is 3.16. The van der Waals surface area contributed by atoms with E-state index >= 15 is 0 Å². The molecule has 1 aromatic heterocycles. The number of ether oxygens (including phenoxy) is 1. The summed E-state index contributed by atoms with van der Waals surface area (Å²) >= 11 is 0. The predicted octanol–water partition coefficient (Wildman–Crippen LogP) is 4.10. The molecule has 0 fully saturated rings. The first-order chi connectivity index (χ1) is 15.7. The Kier molecular flexibility index (Phi) is 8.65. The molecule has 0 bridgehead atoms. The lowest BCUT2D eigenvalue weighted by atomic mass is 10.1. The molecule has 0 spiro atoms. The number of hydrogen-bond donors (Lipinski definition) is 2. The molecular formula is C22H30F3N5O4. The quantitative estimate of drug-likeness (QED) is 0.515. The van der Waals surface area contributed by atoms with E-state index in [1.807, 2.05) is 6.92 Å². The van der Waals surface area contributed by atoms with Gasteiger partial charge in [0.1, 0.15) is 11.1 Å². The Morgan fingerprint density at radius 2 is 1.79 bits per heavy atom. The largest absolute Gasteiger partial charge is 0.444 e. The van der Waals surface area contributed by atoms with Crippen molar-refractivity contribution in [2.75, 3.05) is 18.4 Å². The maximum absolute atomic E-state index is 13.8. The first-order valence-electron chi connectivity index (χ1n) is 10.7. The second-order valence-corrected chi connectivity index (χ2v) is 9.25. The fourth-order valence-corrected chi connectivity index (χ4v) is 2.92. The number of amides is 2. The molecule has 2 aromatic rings. The lowest BCUT2D eigenvalue weighted by Gasteiger charge is -2.26. The van der Waals surface area contributed by atoms with Crippen molar-refractivity contribution >= 4 is 17.7 Å². The molecule has 2 amide bonds. The van der Waals surface area contributed by atoms with E-state index in [1.54, 1.807) is 39.5 Å². The van der Waals surface area contributed by atoms with Crippen LogP contribution >= 0.6 is 0 Å². The smallest absolute Gasteiger partial charge is 0.408 e. The lowest BCUT2D eigenvalue weighted by Crippen LogP contribution is -2.44. The number of anilines is 1. The zero-order valence-electron chi connectivity index (χ0n) is 20.1. The van der Waals surface area contributed by atoms with Crippen LogP contribution in [0.4, 0.5) is 23.7 Å². The Morgan fingerprint density at radius 3 is 2.41 bits per heavy atom. The molecule has 0 aliphatic carbocycles. The first-order valence-corrected chi connectivity index (χ1v) is 10.7. The molecule has 12 heteroatoms. The SMILES string of the molecule is CCCN(CC(=O)Nc1ccc(F)c(F)c1F)Cc1nc(C(C)(C)NC(=O)OC(C)(C)C)no1. The van der Waals surface area contributed by atoms with Crippen LogP contribution in [0.1, 0.15) is 59.7 Å². The fourth-order valence-electron chi connectivity index (χ4n) is 2.92. The van der Waals surface area contributed by atoms with Crippen molar-refractivity contribution in [3.8, 4) is 0 Å². The minimum atomic E-state index is -1.66. The number of halogens is 3. The summed E-state index contributed by atoms with van der Waals surface area (Å²) < 4.78 is 50.9. The molecule has 2 N–H and O–H groups in total. The van der Waals surface area contributed by atoms with Gasteiger partial charge in [-0.2, -0.15) is 4.98 Å². The van der Waals surface area contributed by atoms with E-state index in [0.29, 0.717) is 13.0 Å². The van der Waals surface area contributed by atoms with Crippen molar-refractivity contribution in [2.45, 2.75) is 65.6 Å². The maximum atomic E-state index is 13.8. The average molecular weight is 486 g/mol. The Balaban J connectivity index is 2.04. The first kappa shape index (κ1) is 27.1. The van der Waals surface area contributed by atoms with Crippen molar-refractivity contribution in [1.29, 1.82) is 0 Å². The number of nitrogens with zero attached hydrogens (tertiary/aromatic N) is 3. The molecule has 0 radical (unpaired) electrons. The molecule has 188 valence electrons. The molecule has 1 aromatic carbocycles. The Morgan fingerprint density at radius 1 is 1.12 bits per heavy atom. The van der Waals surface area contributed by atoms with E-state index in [1.165, 1.54) is 0 Å². The Bertz CT molecular complexity index is 1020. The lowest BCUT2D eigenvalue weighted by molar-refractivity contribution is -0.117. The summed E-state index contributed by atoms with van der Waals surface area (Å²) in [5.74, 6) is -4.72. The highest BCUT2D eigenvalue weighted by molar-refractivity contribution is 5.92. The summed E-state index contributed by atoms with van der Waals surface area (Å²) in [6.45, 7) is 10.8. The van der Waals surface area contributed by atoms with E-state index in [0.717, 1.165) is 12.1 Å². The molecule has 9 nitrogen and oxygen atoms in total. The number of carbonyl (C=O) groups excluding carboxylic acids is 2. The third-order valence-electron chi connectivity index (χ3n) is 4.42. The Hall–Kier alpha value is -3.15. The topological polar surface area (TPSA) is 110 Å². The van der Waals surface area contributed by atoms with Crippen molar-refractivity contribution in [3.05, 3.63) is 41.3 Å². The maximum Gasteiger partial charge on any atom is 0.408 e. The van der Waals surface area contributed by atoms with Gasteiger partial charge in [-0.3, -0.25) is 9.69 Å². The Labute approximate surface area is 196 Å². The number of rotatable bonds is 9. The summed E-state index contributed by atoms with van der Waals surface area (Å²) in [6.07, 6.45) is 0.0389. The van der Waals surface area contributed by atoms with E-state index < -0.39 is 46.3 Å². The summed E-state index contributed by atoms with van der Waals surface area (Å²) in [6, 6.07) is 1.67. The van der Waals surface area contributed by atoms with Gasteiger partial charge in [0.15, 0.2) is 23.3 Å². The predicted molar refractivity (Wildman–Crippen MR) is 117 cm³/mol. The zero-order chi connectivity index (χ0) is 25.7. The van der Waals surface area contributed by atoms with Crippen molar-refractivity contribution < 1.29 is 32.0 Å². The minimum Gasteiger partial charge on any atom is -0.444 e. The zero-order valence-corrected chi connectivity index (χ0v) is 20.1. The molecule has 34 heavy (non-hydrogen) atoms. The van der Waals surface area contributed by atoms with E-state index in [-0.39, 0.29) is 24.8 Å². The second kappa shape index (κ2) is 10.9. The molecule has 0 unspecified atom stereocenters. The highest BCUT2D eigenvalue weighted by Gasteiger charge is 2.31. The molecular weight excluding hydrogens is 455 g/mol. The van der Waals surface area contributed by atoms with Crippen LogP contribution in [0.3, 0.4) is 0 Å². The molecule has 0 atom stereocenters. The third-order valence-corrected chi connectivity index (χ3v) is 4.42. The van der Waals surface area contributed by atoms with Gasteiger partial charge in [0, 0.05) is 0 Å². The monoisotopic (exact) mass is 485 g/mol. The molecule has 0 saturated heterocycles. The van der Waals surface area contributed by atoms with Gasteiger partial charge in [-0.25, -0.2) is 18.0 Å². The van der Waals surface area contributed by atoms with Crippen LogP contribution in [0.2, 0.25) is 0 Å². The van der Waals surface area contributed by atoms with Gasteiger partial charge in [0.05, 0.1) is 18.8 Å². The third kappa shape index (κ3) is 7.72. The fraction of sp³-hybridized carbons (Fsp3) is 0.545. The standard InChI is InChI=1S/C22H30F3N5O4/c1-7-10-30(11-15(31)26-14-9-8-13(23)17(24)18(14)25)12-16-27-19(29-34-16)22(5,6)28-20(32)33-21(2,3)4/h8-9H,7,10-12H2,1-6H3,(H,26,31)(H,28,32). The van der Waals surface area contributed by atoms with Crippen LogP contribution in [0.15, 0.2) is 16.7 Å². The van der Waals surface area contributed by atoms with Gasteiger partial charge < -0.3 is 19.9 Å². The van der Waals surface area contributed by atoms with Gasteiger partial charge in [-0.1, -0.05) is 12.1 Å². The van der Waals surface area contributed by atoms with Crippen LogP contribution in [-0.2, 0) is 21.6 Å². The molecule has 0 aliphatic heterocycles. The second-order valence-electron chi connectivity index (χ2n) is 9.25. The van der Waals surface area contributed by atoms with Gasteiger partial charge in [0.25, 0.3) is 0 Å².